The first-order valence-electron chi connectivity index (χ1n) is 8.47. The van der Waals surface area contributed by atoms with Gasteiger partial charge in [-0.25, -0.2) is 0 Å². The number of carbonyl (C=O) groups excluding carboxylic acids is 1. The standard InChI is InChI=1S/C20H21N3O3S/c1-14-9-11-16(12-10-14)25-13-17-21-22-20(26-17)27-18(19(24)23(2)3)15-7-5-4-6-8-15/h4-12,18H,13H2,1-3H3. The second-order valence-electron chi connectivity index (χ2n) is 6.20. The molecule has 0 fully saturated rings. The molecule has 1 atom stereocenters. The van der Waals surface area contributed by atoms with Crippen molar-refractivity contribution in [2.24, 2.45) is 0 Å². The summed E-state index contributed by atoms with van der Waals surface area (Å²) < 4.78 is 11.3. The van der Waals surface area contributed by atoms with Gasteiger partial charge in [0.25, 0.3) is 11.1 Å². The van der Waals surface area contributed by atoms with Crippen LogP contribution in [0.3, 0.4) is 0 Å². The number of hydrogen-bond acceptors (Lipinski definition) is 6. The number of aryl methyl sites for hydroxylation is 1. The summed E-state index contributed by atoms with van der Waals surface area (Å²) in [6.07, 6.45) is 0. The molecule has 0 saturated carbocycles. The lowest BCUT2D eigenvalue weighted by Crippen LogP contribution is -2.26. The molecular weight excluding hydrogens is 362 g/mol. The smallest absolute Gasteiger partial charge is 0.277 e. The maximum absolute atomic E-state index is 12.6. The number of carbonyl (C=O) groups is 1. The molecule has 0 spiro atoms. The van der Waals surface area contributed by atoms with Gasteiger partial charge in [-0.05, 0) is 36.4 Å². The molecule has 1 unspecified atom stereocenters. The maximum atomic E-state index is 12.6. The van der Waals surface area contributed by atoms with Crippen LogP contribution in [0.15, 0.2) is 64.2 Å². The third-order valence-corrected chi connectivity index (χ3v) is 4.89. The second kappa shape index (κ2) is 8.73. The minimum absolute atomic E-state index is 0.0399. The van der Waals surface area contributed by atoms with Crippen molar-refractivity contribution in [1.29, 1.82) is 0 Å². The normalized spacial score (nSPS) is 11.8. The first kappa shape index (κ1) is 19.0. The fourth-order valence-corrected chi connectivity index (χ4v) is 3.39. The summed E-state index contributed by atoms with van der Waals surface area (Å²) in [5.74, 6) is 1.06. The van der Waals surface area contributed by atoms with Crippen LogP contribution >= 0.6 is 11.8 Å². The molecular formula is C20H21N3O3S. The van der Waals surface area contributed by atoms with Crippen LogP contribution in [0.1, 0.15) is 22.3 Å². The zero-order chi connectivity index (χ0) is 19.2. The Kier molecular flexibility index (Phi) is 6.13. The molecule has 0 aliphatic carbocycles. The number of rotatable bonds is 7. The fraction of sp³-hybridized carbons (Fsp3) is 0.250. The van der Waals surface area contributed by atoms with Crippen molar-refractivity contribution in [2.45, 2.75) is 24.0 Å². The molecule has 2 aromatic carbocycles. The van der Waals surface area contributed by atoms with E-state index in [9.17, 15) is 4.79 Å². The molecule has 1 heterocycles. The summed E-state index contributed by atoms with van der Waals surface area (Å²) in [4.78, 5) is 14.1. The minimum atomic E-state index is -0.451. The first-order chi connectivity index (χ1) is 13.0. The van der Waals surface area contributed by atoms with Gasteiger partial charge < -0.3 is 14.1 Å². The second-order valence-corrected chi connectivity index (χ2v) is 7.26. The van der Waals surface area contributed by atoms with Gasteiger partial charge in [0.15, 0.2) is 6.61 Å². The summed E-state index contributed by atoms with van der Waals surface area (Å²) in [5.41, 5.74) is 2.05. The van der Waals surface area contributed by atoms with Gasteiger partial charge in [0.05, 0.1) is 0 Å². The molecule has 7 heteroatoms. The number of thioether (sulfide) groups is 1. The van der Waals surface area contributed by atoms with Gasteiger partial charge in [0.1, 0.15) is 11.0 Å². The molecule has 3 aromatic rings. The van der Waals surface area contributed by atoms with Gasteiger partial charge in [0, 0.05) is 14.1 Å². The Balaban J connectivity index is 1.68. The van der Waals surface area contributed by atoms with Gasteiger partial charge in [-0.2, -0.15) is 0 Å². The molecule has 1 aromatic heterocycles. The van der Waals surface area contributed by atoms with E-state index in [4.69, 9.17) is 9.15 Å². The van der Waals surface area contributed by atoms with E-state index in [0.717, 1.165) is 16.9 Å². The Morgan fingerprint density at radius 1 is 1.11 bits per heavy atom. The van der Waals surface area contributed by atoms with E-state index in [1.165, 1.54) is 11.8 Å². The van der Waals surface area contributed by atoms with Crippen LogP contribution in [0.2, 0.25) is 0 Å². The van der Waals surface area contributed by atoms with Crippen molar-refractivity contribution in [1.82, 2.24) is 15.1 Å². The van der Waals surface area contributed by atoms with Gasteiger partial charge in [-0.15, -0.1) is 10.2 Å². The molecule has 3 rings (SSSR count). The summed E-state index contributed by atoms with van der Waals surface area (Å²) in [6, 6.07) is 17.3. The van der Waals surface area contributed by atoms with E-state index in [1.54, 1.807) is 19.0 Å². The highest BCUT2D eigenvalue weighted by molar-refractivity contribution is 8.00. The number of amides is 1. The van der Waals surface area contributed by atoms with Crippen LogP contribution < -0.4 is 4.74 Å². The molecule has 6 nitrogen and oxygen atoms in total. The lowest BCUT2D eigenvalue weighted by molar-refractivity contribution is -0.128. The molecule has 0 bridgehead atoms. The number of likely N-dealkylation sites (N-methyl/N-ethyl adjacent to an activating group) is 1. The average molecular weight is 383 g/mol. The van der Waals surface area contributed by atoms with E-state index in [1.807, 2.05) is 61.5 Å². The molecule has 140 valence electrons. The van der Waals surface area contributed by atoms with E-state index in [2.05, 4.69) is 10.2 Å². The molecule has 0 saturated heterocycles. The van der Waals surface area contributed by atoms with Crippen molar-refractivity contribution < 1.29 is 13.9 Å². The third kappa shape index (κ3) is 5.10. The van der Waals surface area contributed by atoms with E-state index in [0.29, 0.717) is 11.1 Å². The number of aromatic nitrogens is 2. The van der Waals surface area contributed by atoms with Crippen molar-refractivity contribution in [3.8, 4) is 5.75 Å². The minimum Gasteiger partial charge on any atom is -0.484 e. The van der Waals surface area contributed by atoms with Crippen LogP contribution in [0.5, 0.6) is 5.75 Å². The fourth-order valence-electron chi connectivity index (χ4n) is 2.35. The van der Waals surface area contributed by atoms with Crippen LogP contribution in [-0.2, 0) is 11.4 Å². The van der Waals surface area contributed by atoms with Crippen LogP contribution in [0.25, 0.3) is 0 Å². The first-order valence-corrected chi connectivity index (χ1v) is 9.35. The lowest BCUT2D eigenvalue weighted by atomic mass is 10.1. The number of benzene rings is 2. The lowest BCUT2D eigenvalue weighted by Gasteiger charge is -2.18. The van der Waals surface area contributed by atoms with Gasteiger partial charge >= 0.3 is 0 Å². The van der Waals surface area contributed by atoms with Crippen LogP contribution in [0.4, 0.5) is 0 Å². The topological polar surface area (TPSA) is 68.5 Å². The zero-order valence-corrected chi connectivity index (χ0v) is 16.3. The predicted molar refractivity (Wildman–Crippen MR) is 104 cm³/mol. The Labute approximate surface area is 162 Å². The van der Waals surface area contributed by atoms with Gasteiger partial charge in [0.2, 0.25) is 5.91 Å². The molecule has 1 amide bonds. The Bertz CT molecular complexity index is 879. The highest BCUT2D eigenvalue weighted by Gasteiger charge is 2.26. The highest BCUT2D eigenvalue weighted by Crippen LogP contribution is 2.35. The number of nitrogens with zero attached hydrogens (tertiary/aromatic N) is 3. The molecule has 0 aliphatic rings. The van der Waals surface area contributed by atoms with E-state index in [-0.39, 0.29) is 12.5 Å². The Morgan fingerprint density at radius 3 is 2.48 bits per heavy atom. The van der Waals surface area contributed by atoms with Crippen molar-refractivity contribution >= 4 is 17.7 Å². The highest BCUT2D eigenvalue weighted by atomic mass is 32.2. The SMILES string of the molecule is Cc1ccc(OCc2nnc(SC(C(=O)N(C)C)c3ccccc3)o2)cc1. The monoisotopic (exact) mass is 383 g/mol. The molecule has 0 aliphatic heterocycles. The van der Waals surface area contributed by atoms with E-state index < -0.39 is 5.25 Å². The summed E-state index contributed by atoms with van der Waals surface area (Å²) in [5, 5.41) is 7.94. The third-order valence-electron chi connectivity index (χ3n) is 3.82. The van der Waals surface area contributed by atoms with Crippen LogP contribution in [-0.4, -0.2) is 35.1 Å². The number of hydrogen-bond donors (Lipinski definition) is 0. The Hall–Kier alpha value is -2.80. The molecule has 27 heavy (non-hydrogen) atoms. The van der Waals surface area contributed by atoms with Crippen molar-refractivity contribution in [3.05, 3.63) is 71.6 Å². The quantitative estimate of drug-likeness (QED) is 0.577. The van der Waals surface area contributed by atoms with Crippen molar-refractivity contribution in [2.75, 3.05) is 14.1 Å². The average Bonchev–Trinajstić information content (AvgIpc) is 3.13. The largest absolute Gasteiger partial charge is 0.484 e. The number of ether oxygens (including phenoxy) is 1. The summed E-state index contributed by atoms with van der Waals surface area (Å²) in [6.45, 7) is 2.19. The van der Waals surface area contributed by atoms with Crippen LogP contribution in [0, 0.1) is 6.92 Å². The van der Waals surface area contributed by atoms with Gasteiger partial charge in [-0.1, -0.05) is 48.0 Å². The van der Waals surface area contributed by atoms with Gasteiger partial charge in [-0.3, -0.25) is 4.79 Å². The summed E-state index contributed by atoms with van der Waals surface area (Å²) in [7, 11) is 3.46. The summed E-state index contributed by atoms with van der Waals surface area (Å²) >= 11 is 1.24. The molecule has 0 N–H and O–H groups in total. The predicted octanol–water partition coefficient (Wildman–Crippen LogP) is 3.88. The van der Waals surface area contributed by atoms with Crippen molar-refractivity contribution in [3.63, 3.8) is 0 Å². The molecule has 0 radical (unpaired) electrons. The van der Waals surface area contributed by atoms with E-state index >= 15 is 0 Å². The zero-order valence-electron chi connectivity index (χ0n) is 15.5. The maximum Gasteiger partial charge on any atom is 0.277 e. The Morgan fingerprint density at radius 2 is 1.81 bits per heavy atom.